The lowest BCUT2D eigenvalue weighted by atomic mass is 9.91. The van der Waals surface area contributed by atoms with Gasteiger partial charge < -0.3 is 10.6 Å². The molecule has 0 spiro atoms. The molecule has 0 aliphatic carbocycles. The Hall–Kier alpha value is -2.44. The van der Waals surface area contributed by atoms with Crippen LogP contribution in [-0.4, -0.2) is 35.0 Å². The lowest BCUT2D eigenvalue weighted by molar-refractivity contribution is -0.133. The number of carbonyl (C=O) groups is 2. The summed E-state index contributed by atoms with van der Waals surface area (Å²) in [7, 11) is 0. The lowest BCUT2D eigenvalue weighted by Gasteiger charge is -2.32. The molecule has 2 aromatic carbocycles. The van der Waals surface area contributed by atoms with Crippen molar-refractivity contribution in [2.45, 2.75) is 44.6 Å². The molecule has 0 bridgehead atoms. The van der Waals surface area contributed by atoms with Gasteiger partial charge in [0.15, 0.2) is 0 Å². The van der Waals surface area contributed by atoms with E-state index in [1.54, 1.807) is 5.48 Å². The maximum atomic E-state index is 12.7. The number of rotatable bonds is 7. The van der Waals surface area contributed by atoms with E-state index >= 15 is 0 Å². The van der Waals surface area contributed by atoms with Crippen molar-refractivity contribution >= 4 is 22.6 Å². The van der Waals surface area contributed by atoms with Gasteiger partial charge in [-0.2, -0.15) is 0 Å². The van der Waals surface area contributed by atoms with E-state index in [0.29, 0.717) is 18.8 Å². The first-order chi connectivity index (χ1) is 13.6. The van der Waals surface area contributed by atoms with E-state index < -0.39 is 0 Å². The molecule has 1 aliphatic rings. The highest BCUT2D eigenvalue weighted by molar-refractivity contribution is 5.87. The number of hydrogen-bond donors (Lipinski definition) is 3. The Morgan fingerprint density at radius 3 is 2.61 bits per heavy atom. The van der Waals surface area contributed by atoms with Crippen molar-refractivity contribution in [3.05, 3.63) is 48.0 Å². The predicted molar refractivity (Wildman–Crippen MR) is 109 cm³/mol. The molecule has 2 amide bonds. The van der Waals surface area contributed by atoms with Gasteiger partial charge in [-0.05, 0) is 47.9 Å². The minimum absolute atomic E-state index is 0.110. The van der Waals surface area contributed by atoms with Crippen LogP contribution in [0.4, 0.5) is 0 Å². The third kappa shape index (κ3) is 5.09. The van der Waals surface area contributed by atoms with Crippen molar-refractivity contribution in [1.82, 2.24) is 10.4 Å². The lowest BCUT2D eigenvalue weighted by Crippen LogP contribution is -2.39. The predicted octanol–water partition coefficient (Wildman–Crippen LogP) is 3.14. The molecule has 0 radical (unpaired) electrons. The summed E-state index contributed by atoms with van der Waals surface area (Å²) >= 11 is 0. The number of benzene rings is 2. The average molecular weight is 383 g/mol. The molecular weight excluding hydrogens is 354 g/mol. The van der Waals surface area contributed by atoms with E-state index in [0.717, 1.165) is 55.1 Å². The molecule has 1 fully saturated rings. The summed E-state index contributed by atoms with van der Waals surface area (Å²) in [5.41, 5.74) is 9.08. The second kappa shape index (κ2) is 9.66. The number of nitrogens with two attached hydrogens (primary N) is 1. The molecule has 0 unspecified atom stereocenters. The fourth-order valence-electron chi connectivity index (χ4n) is 4.08. The molecule has 1 atom stereocenters. The van der Waals surface area contributed by atoms with Crippen LogP contribution in [0.3, 0.4) is 0 Å². The standard InChI is InChI=1S/C22H29N3O3/c23-20(19-9-4-7-17-6-1-2-8-18(17)19)15-22(27)25-13-11-16(12-14-25)5-3-10-21(26)24-28/h1-2,4,6-9,16,20,28H,3,5,10-15,23H2,(H,24,26)/t20-/m0/s1. The topological polar surface area (TPSA) is 95.7 Å². The normalized spacial score (nSPS) is 16.1. The fraction of sp³-hybridized carbons (Fsp3) is 0.455. The zero-order valence-corrected chi connectivity index (χ0v) is 16.1. The molecule has 6 heteroatoms. The number of nitrogens with zero attached hydrogens (tertiary/aromatic N) is 1. The largest absolute Gasteiger partial charge is 0.343 e. The van der Waals surface area contributed by atoms with Crippen LogP contribution in [0.15, 0.2) is 42.5 Å². The van der Waals surface area contributed by atoms with Gasteiger partial charge in [-0.25, -0.2) is 5.48 Å². The van der Waals surface area contributed by atoms with E-state index in [1.807, 2.05) is 29.2 Å². The molecule has 3 rings (SSSR count). The van der Waals surface area contributed by atoms with Crippen molar-refractivity contribution in [2.24, 2.45) is 11.7 Å². The maximum absolute atomic E-state index is 12.7. The van der Waals surface area contributed by atoms with Gasteiger partial charge in [0.1, 0.15) is 0 Å². The monoisotopic (exact) mass is 383 g/mol. The number of hydroxylamine groups is 1. The number of fused-ring (bicyclic) bond motifs is 1. The second-order valence-corrected chi connectivity index (χ2v) is 7.63. The molecule has 1 heterocycles. The van der Waals surface area contributed by atoms with Crippen molar-refractivity contribution in [3.63, 3.8) is 0 Å². The number of hydrogen-bond acceptors (Lipinski definition) is 4. The molecular formula is C22H29N3O3. The second-order valence-electron chi connectivity index (χ2n) is 7.63. The van der Waals surface area contributed by atoms with Crippen LogP contribution in [0, 0.1) is 5.92 Å². The Morgan fingerprint density at radius 1 is 1.14 bits per heavy atom. The zero-order chi connectivity index (χ0) is 19.9. The molecule has 1 aliphatic heterocycles. The quantitative estimate of drug-likeness (QED) is 0.505. The highest BCUT2D eigenvalue weighted by Crippen LogP contribution is 2.27. The van der Waals surface area contributed by atoms with Crippen LogP contribution in [-0.2, 0) is 9.59 Å². The van der Waals surface area contributed by atoms with E-state index in [9.17, 15) is 9.59 Å². The van der Waals surface area contributed by atoms with Crippen molar-refractivity contribution in [2.75, 3.05) is 13.1 Å². The van der Waals surface area contributed by atoms with Gasteiger partial charge in [0.25, 0.3) is 0 Å². The SMILES string of the molecule is N[C@@H](CC(=O)N1CCC(CCCC(=O)NO)CC1)c1cccc2ccccc12. The highest BCUT2D eigenvalue weighted by atomic mass is 16.5. The Morgan fingerprint density at radius 2 is 1.86 bits per heavy atom. The molecule has 0 saturated carbocycles. The Kier molecular flexibility index (Phi) is 7.01. The van der Waals surface area contributed by atoms with Crippen LogP contribution in [0.25, 0.3) is 10.8 Å². The molecule has 28 heavy (non-hydrogen) atoms. The Bertz CT molecular complexity index is 810. The third-order valence-electron chi connectivity index (χ3n) is 5.73. The number of piperidine rings is 1. The summed E-state index contributed by atoms with van der Waals surface area (Å²) in [6.45, 7) is 1.50. The van der Waals surface area contributed by atoms with Crippen molar-refractivity contribution in [3.8, 4) is 0 Å². The zero-order valence-electron chi connectivity index (χ0n) is 16.1. The molecule has 2 aromatic rings. The minimum atomic E-state index is -0.338. The molecule has 1 saturated heterocycles. The summed E-state index contributed by atoms with van der Waals surface area (Å²) in [6, 6.07) is 13.9. The number of amides is 2. The van der Waals surface area contributed by atoms with E-state index in [2.05, 4.69) is 18.2 Å². The minimum Gasteiger partial charge on any atom is -0.343 e. The fourth-order valence-corrected chi connectivity index (χ4v) is 4.08. The molecule has 150 valence electrons. The third-order valence-corrected chi connectivity index (χ3v) is 5.73. The molecule has 4 N–H and O–H groups in total. The molecule has 6 nitrogen and oxygen atoms in total. The van der Waals surface area contributed by atoms with Crippen LogP contribution in [0.1, 0.15) is 50.1 Å². The van der Waals surface area contributed by atoms with E-state index in [4.69, 9.17) is 10.9 Å². The summed E-state index contributed by atoms with van der Waals surface area (Å²) < 4.78 is 0. The van der Waals surface area contributed by atoms with Gasteiger partial charge in [0.2, 0.25) is 11.8 Å². The van der Waals surface area contributed by atoms with Crippen molar-refractivity contribution in [1.29, 1.82) is 0 Å². The summed E-state index contributed by atoms with van der Waals surface area (Å²) in [4.78, 5) is 25.7. The van der Waals surface area contributed by atoms with Gasteiger partial charge in [0.05, 0.1) is 0 Å². The summed E-state index contributed by atoms with van der Waals surface area (Å²) in [6.07, 6.45) is 4.28. The summed E-state index contributed by atoms with van der Waals surface area (Å²) in [5.74, 6) is 0.302. The van der Waals surface area contributed by atoms with Gasteiger partial charge in [-0.15, -0.1) is 0 Å². The summed E-state index contributed by atoms with van der Waals surface area (Å²) in [5, 5.41) is 10.8. The first-order valence-electron chi connectivity index (χ1n) is 10.0. The van der Waals surface area contributed by atoms with Crippen LogP contribution < -0.4 is 11.2 Å². The van der Waals surface area contributed by atoms with E-state index in [1.165, 1.54) is 0 Å². The Labute approximate surface area is 165 Å². The van der Waals surface area contributed by atoms with E-state index in [-0.39, 0.29) is 17.9 Å². The van der Waals surface area contributed by atoms with Crippen LogP contribution >= 0.6 is 0 Å². The van der Waals surface area contributed by atoms with Gasteiger partial charge in [-0.3, -0.25) is 14.8 Å². The maximum Gasteiger partial charge on any atom is 0.243 e. The Balaban J connectivity index is 1.49. The number of carbonyl (C=O) groups excluding carboxylic acids is 2. The van der Waals surface area contributed by atoms with Gasteiger partial charge >= 0.3 is 0 Å². The smallest absolute Gasteiger partial charge is 0.243 e. The first kappa shape index (κ1) is 20.3. The number of nitrogens with one attached hydrogen (secondary N) is 1. The molecule has 0 aromatic heterocycles. The van der Waals surface area contributed by atoms with Gasteiger partial charge in [-0.1, -0.05) is 42.5 Å². The van der Waals surface area contributed by atoms with Crippen LogP contribution in [0.5, 0.6) is 0 Å². The van der Waals surface area contributed by atoms with Crippen molar-refractivity contribution < 1.29 is 14.8 Å². The highest BCUT2D eigenvalue weighted by Gasteiger charge is 2.24. The first-order valence-corrected chi connectivity index (χ1v) is 10.0. The average Bonchev–Trinajstić information content (AvgIpc) is 2.73. The van der Waals surface area contributed by atoms with Crippen LogP contribution in [0.2, 0.25) is 0 Å². The number of likely N-dealkylation sites (tertiary alicyclic amines) is 1. The van der Waals surface area contributed by atoms with Gasteiger partial charge in [0, 0.05) is 32.0 Å².